The lowest BCUT2D eigenvalue weighted by Crippen LogP contribution is -1.94. The number of nitro benzene ring substituents is 1. The van der Waals surface area contributed by atoms with Crippen molar-refractivity contribution in [2.24, 2.45) is 0 Å². The zero-order valence-electron chi connectivity index (χ0n) is 10.2. The van der Waals surface area contributed by atoms with Crippen LogP contribution in [0.3, 0.4) is 0 Å². The summed E-state index contributed by atoms with van der Waals surface area (Å²) in [6.45, 7) is 1.77. The van der Waals surface area contributed by atoms with Crippen molar-refractivity contribution in [1.82, 2.24) is 0 Å². The van der Waals surface area contributed by atoms with Gasteiger partial charge < -0.3 is 4.74 Å². The van der Waals surface area contributed by atoms with Crippen LogP contribution in [0.25, 0.3) is 0 Å². The molecule has 0 aliphatic carbocycles. The highest BCUT2D eigenvalue weighted by Crippen LogP contribution is 2.32. The van der Waals surface area contributed by atoms with Gasteiger partial charge in [-0.3, -0.25) is 14.9 Å². The zero-order valence-corrected chi connectivity index (χ0v) is 10.2. The Bertz CT molecular complexity index is 637. The van der Waals surface area contributed by atoms with Gasteiger partial charge in [-0.25, -0.2) is 0 Å². The van der Waals surface area contributed by atoms with Crippen LogP contribution in [0.4, 0.5) is 5.69 Å². The lowest BCUT2D eigenvalue weighted by molar-refractivity contribution is -0.385. The molecule has 0 N–H and O–H groups in total. The van der Waals surface area contributed by atoms with Gasteiger partial charge >= 0.3 is 5.69 Å². The Balaban J connectivity index is 2.37. The van der Waals surface area contributed by atoms with Gasteiger partial charge in [0, 0.05) is 11.6 Å². The van der Waals surface area contributed by atoms with Crippen LogP contribution in [0.5, 0.6) is 11.5 Å². The number of hydrogen-bond acceptors (Lipinski definition) is 4. The van der Waals surface area contributed by atoms with E-state index in [9.17, 15) is 14.9 Å². The molecule has 0 aliphatic heterocycles. The van der Waals surface area contributed by atoms with Crippen LogP contribution in [0.15, 0.2) is 42.5 Å². The average molecular weight is 257 g/mol. The van der Waals surface area contributed by atoms with Gasteiger partial charge in [-0.1, -0.05) is 18.2 Å². The molecule has 0 unspecified atom stereocenters. The number of carbonyl (C=O) groups is 1. The normalized spacial score (nSPS) is 9.95. The van der Waals surface area contributed by atoms with E-state index in [0.29, 0.717) is 17.6 Å². The number of hydrogen-bond donors (Lipinski definition) is 0. The van der Waals surface area contributed by atoms with E-state index in [1.165, 1.54) is 12.1 Å². The molecule has 5 heteroatoms. The van der Waals surface area contributed by atoms with E-state index in [1.807, 2.05) is 0 Å². The highest BCUT2D eigenvalue weighted by atomic mass is 16.6. The van der Waals surface area contributed by atoms with E-state index in [4.69, 9.17) is 4.74 Å². The Hall–Kier alpha value is -2.69. The summed E-state index contributed by atoms with van der Waals surface area (Å²) >= 11 is 0. The molecule has 0 bridgehead atoms. The molecule has 0 fully saturated rings. The highest BCUT2D eigenvalue weighted by molar-refractivity contribution is 5.75. The number of benzene rings is 2. The van der Waals surface area contributed by atoms with Crippen molar-refractivity contribution in [2.45, 2.75) is 6.92 Å². The number of aldehydes is 1. The van der Waals surface area contributed by atoms with Crippen molar-refractivity contribution in [1.29, 1.82) is 0 Å². The van der Waals surface area contributed by atoms with E-state index in [-0.39, 0.29) is 11.4 Å². The van der Waals surface area contributed by atoms with Crippen molar-refractivity contribution < 1.29 is 14.5 Å². The second-order valence-corrected chi connectivity index (χ2v) is 4.02. The second-order valence-electron chi connectivity index (χ2n) is 4.02. The number of rotatable bonds is 4. The lowest BCUT2D eigenvalue weighted by atomic mass is 10.2. The van der Waals surface area contributed by atoms with Crippen LogP contribution in [0, 0.1) is 17.0 Å². The molecule has 0 spiro atoms. The molecule has 19 heavy (non-hydrogen) atoms. The van der Waals surface area contributed by atoms with Crippen molar-refractivity contribution in [3.63, 3.8) is 0 Å². The van der Waals surface area contributed by atoms with E-state index in [1.54, 1.807) is 37.3 Å². The predicted octanol–water partition coefficient (Wildman–Crippen LogP) is 3.51. The Morgan fingerprint density at radius 1 is 1.21 bits per heavy atom. The van der Waals surface area contributed by atoms with Gasteiger partial charge in [0.2, 0.25) is 5.75 Å². The van der Waals surface area contributed by atoms with Crippen molar-refractivity contribution >= 4 is 12.0 Å². The van der Waals surface area contributed by atoms with Crippen LogP contribution >= 0.6 is 0 Å². The summed E-state index contributed by atoms with van der Waals surface area (Å²) < 4.78 is 5.47. The number of carbonyl (C=O) groups excluding carboxylic acids is 1. The summed E-state index contributed by atoms with van der Waals surface area (Å²) in [4.78, 5) is 21.1. The van der Waals surface area contributed by atoms with Crippen LogP contribution in [-0.4, -0.2) is 11.2 Å². The highest BCUT2D eigenvalue weighted by Gasteiger charge is 2.15. The predicted molar refractivity (Wildman–Crippen MR) is 69.7 cm³/mol. The minimum atomic E-state index is -0.494. The number of nitrogens with zero attached hydrogens (tertiary/aromatic N) is 1. The summed E-state index contributed by atoms with van der Waals surface area (Å²) in [6.07, 6.45) is 0.691. The molecule has 0 amide bonds. The quantitative estimate of drug-likeness (QED) is 0.477. The third-order valence-electron chi connectivity index (χ3n) is 2.53. The summed E-state index contributed by atoms with van der Waals surface area (Å²) in [5.74, 6) is 0.537. The number of nitro groups is 1. The average Bonchev–Trinajstić information content (AvgIpc) is 2.41. The molecular weight excluding hydrogens is 246 g/mol. The summed E-state index contributed by atoms with van der Waals surface area (Å²) in [7, 11) is 0. The molecule has 2 rings (SSSR count). The second kappa shape index (κ2) is 5.30. The monoisotopic (exact) mass is 257 g/mol. The topological polar surface area (TPSA) is 69.4 Å². The van der Waals surface area contributed by atoms with Crippen LogP contribution in [-0.2, 0) is 0 Å². The summed E-state index contributed by atoms with van der Waals surface area (Å²) in [5, 5.41) is 11.0. The maximum Gasteiger partial charge on any atom is 0.311 e. The largest absolute Gasteiger partial charge is 0.450 e. The van der Waals surface area contributed by atoms with Gasteiger partial charge in [0.15, 0.2) is 0 Å². The molecular formula is C14H11NO4. The zero-order chi connectivity index (χ0) is 13.8. The molecule has 0 aromatic heterocycles. The van der Waals surface area contributed by atoms with Crippen LogP contribution in [0.1, 0.15) is 15.9 Å². The van der Waals surface area contributed by atoms with Crippen LogP contribution < -0.4 is 4.74 Å². The van der Waals surface area contributed by atoms with Gasteiger partial charge in [-0.15, -0.1) is 0 Å². The minimum Gasteiger partial charge on any atom is -0.450 e. The summed E-state index contributed by atoms with van der Waals surface area (Å²) in [6, 6.07) is 11.2. The smallest absolute Gasteiger partial charge is 0.311 e. The molecule has 0 saturated heterocycles. The van der Waals surface area contributed by atoms with Gasteiger partial charge in [-0.05, 0) is 30.7 Å². The SMILES string of the molecule is Cc1ccc(Oc2cccc(C=O)c2)c([N+](=O)[O-])c1. The van der Waals surface area contributed by atoms with E-state index >= 15 is 0 Å². The molecule has 0 heterocycles. The fourth-order valence-electron chi connectivity index (χ4n) is 1.63. The first-order valence-electron chi connectivity index (χ1n) is 5.58. The van der Waals surface area contributed by atoms with E-state index < -0.39 is 4.92 Å². The maximum absolute atomic E-state index is 11.0. The molecule has 2 aromatic carbocycles. The van der Waals surface area contributed by atoms with Gasteiger partial charge in [0.25, 0.3) is 0 Å². The fraction of sp³-hybridized carbons (Fsp3) is 0.0714. The van der Waals surface area contributed by atoms with Gasteiger partial charge in [0.1, 0.15) is 12.0 Å². The Morgan fingerprint density at radius 3 is 2.68 bits per heavy atom. The maximum atomic E-state index is 11.0. The Morgan fingerprint density at radius 2 is 2.00 bits per heavy atom. The Kier molecular flexibility index (Phi) is 3.56. The molecule has 5 nitrogen and oxygen atoms in total. The van der Waals surface area contributed by atoms with Crippen molar-refractivity contribution in [3.8, 4) is 11.5 Å². The fourth-order valence-corrected chi connectivity index (χ4v) is 1.63. The third-order valence-corrected chi connectivity index (χ3v) is 2.53. The van der Waals surface area contributed by atoms with Crippen molar-refractivity contribution in [3.05, 3.63) is 63.7 Å². The van der Waals surface area contributed by atoms with Crippen molar-refractivity contribution in [2.75, 3.05) is 0 Å². The minimum absolute atomic E-state index is 0.100. The molecule has 96 valence electrons. The Labute approximate surface area is 109 Å². The van der Waals surface area contributed by atoms with E-state index in [2.05, 4.69) is 0 Å². The molecule has 0 saturated carbocycles. The third kappa shape index (κ3) is 2.95. The van der Waals surface area contributed by atoms with Gasteiger partial charge in [0.05, 0.1) is 4.92 Å². The molecule has 0 radical (unpaired) electrons. The van der Waals surface area contributed by atoms with Crippen LogP contribution in [0.2, 0.25) is 0 Å². The molecule has 2 aromatic rings. The summed E-state index contributed by atoms with van der Waals surface area (Å²) in [5.41, 5.74) is 1.13. The van der Waals surface area contributed by atoms with E-state index in [0.717, 1.165) is 5.56 Å². The molecule has 0 aliphatic rings. The first-order valence-corrected chi connectivity index (χ1v) is 5.58. The van der Waals surface area contributed by atoms with Gasteiger partial charge in [-0.2, -0.15) is 0 Å². The number of aryl methyl sites for hydroxylation is 1. The first kappa shape index (κ1) is 12.8. The number of ether oxygens (including phenoxy) is 1. The first-order chi connectivity index (χ1) is 9.10. The molecule has 0 atom stereocenters. The standard InChI is InChI=1S/C14H11NO4/c1-10-5-6-14(13(7-10)15(17)18)19-12-4-2-3-11(8-12)9-16/h2-9H,1H3. The lowest BCUT2D eigenvalue weighted by Gasteiger charge is -2.07.